The maximum atomic E-state index is 12.9. The summed E-state index contributed by atoms with van der Waals surface area (Å²) in [5, 5.41) is 22.5. The molecule has 0 aliphatic carbocycles. The third kappa shape index (κ3) is 4.49. The van der Waals surface area contributed by atoms with E-state index < -0.39 is 53.0 Å². The number of aromatic hydroxyl groups is 2. The normalized spacial score (nSPS) is 12.1. The van der Waals surface area contributed by atoms with Crippen LogP contribution in [0.5, 0.6) is 11.5 Å². The SMILES string of the molecule is CC(=O)c1cc(C)c(O)c(CNc2cc(C(F)(F)F)cc(C(F)(F)F)c2)c1O. The van der Waals surface area contributed by atoms with Gasteiger partial charge in [0.2, 0.25) is 0 Å². The standard InChI is InChI=1S/C18H15F6NO3/c1-8-3-13(9(2)26)16(28)14(15(8)27)7-25-12-5-10(17(19,20)21)4-11(6-12)18(22,23)24/h3-6,25,27-28H,7H2,1-2H3. The number of hydrogen-bond donors (Lipinski definition) is 3. The molecule has 0 fully saturated rings. The van der Waals surface area contributed by atoms with E-state index in [1.165, 1.54) is 13.0 Å². The Labute approximate surface area is 155 Å². The number of Topliss-reactive ketones (excluding diaryl/α,β-unsaturated/α-hetero) is 1. The molecule has 0 atom stereocenters. The average Bonchev–Trinajstić information content (AvgIpc) is 2.56. The summed E-state index contributed by atoms with van der Waals surface area (Å²) in [5.74, 6) is -1.57. The fourth-order valence-corrected chi connectivity index (χ4v) is 2.55. The zero-order chi connectivity index (χ0) is 21.4. The van der Waals surface area contributed by atoms with Crippen molar-refractivity contribution in [1.82, 2.24) is 0 Å². The Balaban J connectivity index is 2.46. The van der Waals surface area contributed by atoms with Gasteiger partial charge in [0.05, 0.1) is 22.3 Å². The second kappa shape index (κ2) is 7.25. The van der Waals surface area contributed by atoms with Gasteiger partial charge in [-0.25, -0.2) is 0 Å². The number of aryl methyl sites for hydroxylation is 1. The highest BCUT2D eigenvalue weighted by Crippen LogP contribution is 2.39. The van der Waals surface area contributed by atoms with Gasteiger partial charge in [-0.05, 0) is 43.7 Å². The monoisotopic (exact) mass is 407 g/mol. The molecule has 0 aliphatic rings. The molecule has 0 amide bonds. The van der Waals surface area contributed by atoms with Crippen LogP contribution in [0.4, 0.5) is 32.0 Å². The number of rotatable bonds is 4. The van der Waals surface area contributed by atoms with E-state index in [1.54, 1.807) is 0 Å². The van der Waals surface area contributed by atoms with Crippen LogP contribution in [0.1, 0.15) is 39.5 Å². The van der Waals surface area contributed by atoms with Crippen molar-refractivity contribution < 1.29 is 41.4 Å². The van der Waals surface area contributed by atoms with Crippen molar-refractivity contribution in [2.24, 2.45) is 0 Å². The number of phenolic OH excluding ortho intramolecular Hbond substituents is 2. The van der Waals surface area contributed by atoms with Gasteiger partial charge in [0, 0.05) is 12.2 Å². The van der Waals surface area contributed by atoms with Crippen LogP contribution in [-0.2, 0) is 18.9 Å². The molecule has 2 rings (SSSR count). The number of nitrogens with one attached hydrogen (secondary N) is 1. The Bertz CT molecular complexity index is 887. The quantitative estimate of drug-likeness (QED) is 0.478. The van der Waals surface area contributed by atoms with Crippen LogP contribution in [0.2, 0.25) is 0 Å². The van der Waals surface area contributed by atoms with Crippen molar-refractivity contribution in [3.8, 4) is 11.5 Å². The predicted octanol–water partition coefficient (Wildman–Crippen LogP) is 5.26. The predicted molar refractivity (Wildman–Crippen MR) is 88.3 cm³/mol. The number of ketones is 1. The van der Waals surface area contributed by atoms with Gasteiger partial charge in [-0.2, -0.15) is 26.3 Å². The minimum atomic E-state index is -5.01. The number of alkyl halides is 6. The van der Waals surface area contributed by atoms with Gasteiger partial charge in [-0.3, -0.25) is 4.79 Å². The molecule has 0 saturated carbocycles. The molecule has 0 radical (unpaired) electrons. The van der Waals surface area contributed by atoms with E-state index in [1.807, 2.05) is 0 Å². The van der Waals surface area contributed by atoms with Crippen molar-refractivity contribution >= 4 is 11.5 Å². The van der Waals surface area contributed by atoms with Gasteiger partial charge >= 0.3 is 12.4 Å². The fraction of sp³-hybridized carbons (Fsp3) is 0.278. The van der Waals surface area contributed by atoms with E-state index in [-0.39, 0.29) is 22.8 Å². The highest BCUT2D eigenvalue weighted by atomic mass is 19.4. The summed E-state index contributed by atoms with van der Waals surface area (Å²) >= 11 is 0. The lowest BCUT2D eigenvalue weighted by Gasteiger charge is -2.17. The number of hydrogen-bond acceptors (Lipinski definition) is 4. The number of anilines is 1. The minimum Gasteiger partial charge on any atom is -0.507 e. The van der Waals surface area contributed by atoms with Crippen molar-refractivity contribution in [1.29, 1.82) is 0 Å². The van der Waals surface area contributed by atoms with Gasteiger partial charge in [-0.1, -0.05) is 0 Å². The van der Waals surface area contributed by atoms with Gasteiger partial charge in [-0.15, -0.1) is 0 Å². The second-order valence-electron chi connectivity index (χ2n) is 6.12. The van der Waals surface area contributed by atoms with E-state index in [2.05, 4.69) is 5.32 Å². The first-order valence-electron chi connectivity index (χ1n) is 7.80. The van der Waals surface area contributed by atoms with Crippen LogP contribution in [0, 0.1) is 6.92 Å². The number of carbonyl (C=O) groups excluding carboxylic acids is 1. The summed E-state index contributed by atoms with van der Waals surface area (Å²) < 4.78 is 77.5. The first kappa shape index (κ1) is 21.4. The zero-order valence-electron chi connectivity index (χ0n) is 14.6. The lowest BCUT2D eigenvalue weighted by atomic mass is 10.0. The molecule has 2 aromatic carbocycles. The van der Waals surface area contributed by atoms with Gasteiger partial charge in [0.25, 0.3) is 0 Å². The molecular weight excluding hydrogens is 392 g/mol. The molecule has 3 N–H and O–H groups in total. The van der Waals surface area contributed by atoms with Crippen LogP contribution in [0.25, 0.3) is 0 Å². The smallest absolute Gasteiger partial charge is 0.416 e. The Morgan fingerprint density at radius 3 is 1.86 bits per heavy atom. The summed E-state index contributed by atoms with van der Waals surface area (Å²) in [6.45, 7) is 2.07. The van der Waals surface area contributed by atoms with Crippen LogP contribution >= 0.6 is 0 Å². The largest absolute Gasteiger partial charge is 0.507 e. The highest BCUT2D eigenvalue weighted by Gasteiger charge is 2.37. The molecule has 0 unspecified atom stereocenters. The third-order valence-electron chi connectivity index (χ3n) is 4.00. The molecule has 0 saturated heterocycles. The van der Waals surface area contributed by atoms with Gasteiger partial charge in [0.15, 0.2) is 5.78 Å². The molecule has 28 heavy (non-hydrogen) atoms. The summed E-state index contributed by atoms with van der Waals surface area (Å²) in [5.41, 5.74) is -3.69. The first-order chi connectivity index (χ1) is 12.7. The summed E-state index contributed by atoms with van der Waals surface area (Å²) in [6.07, 6.45) is -10.0. The molecule has 0 heterocycles. The minimum absolute atomic E-state index is 0.0132. The van der Waals surface area contributed by atoms with Crippen LogP contribution in [0.15, 0.2) is 24.3 Å². The Morgan fingerprint density at radius 2 is 1.43 bits per heavy atom. The van der Waals surface area contributed by atoms with Crippen LogP contribution in [0.3, 0.4) is 0 Å². The summed E-state index contributed by atoms with van der Waals surface area (Å²) in [6, 6.07) is 2.17. The Hall–Kier alpha value is -2.91. The lowest BCUT2D eigenvalue weighted by molar-refractivity contribution is -0.143. The van der Waals surface area contributed by atoms with E-state index >= 15 is 0 Å². The number of halogens is 6. The van der Waals surface area contributed by atoms with Gasteiger partial charge < -0.3 is 15.5 Å². The molecule has 10 heteroatoms. The van der Waals surface area contributed by atoms with Crippen molar-refractivity contribution in [3.63, 3.8) is 0 Å². The van der Waals surface area contributed by atoms with E-state index in [0.717, 1.165) is 6.92 Å². The molecule has 152 valence electrons. The Kier molecular flexibility index (Phi) is 5.54. The second-order valence-corrected chi connectivity index (χ2v) is 6.12. The molecule has 4 nitrogen and oxygen atoms in total. The van der Waals surface area contributed by atoms with Crippen molar-refractivity contribution in [2.75, 3.05) is 5.32 Å². The van der Waals surface area contributed by atoms with E-state index in [4.69, 9.17) is 0 Å². The highest BCUT2D eigenvalue weighted by molar-refractivity contribution is 5.97. The van der Waals surface area contributed by atoms with Crippen molar-refractivity contribution in [3.05, 3.63) is 52.1 Å². The summed E-state index contributed by atoms with van der Waals surface area (Å²) in [4.78, 5) is 11.6. The molecule has 0 aliphatic heterocycles. The Morgan fingerprint density at radius 1 is 0.929 bits per heavy atom. The fourth-order valence-electron chi connectivity index (χ4n) is 2.55. The van der Waals surface area contributed by atoms with E-state index in [0.29, 0.717) is 12.1 Å². The number of benzene rings is 2. The molecule has 0 aromatic heterocycles. The molecule has 0 spiro atoms. The third-order valence-corrected chi connectivity index (χ3v) is 4.00. The van der Waals surface area contributed by atoms with Crippen molar-refractivity contribution in [2.45, 2.75) is 32.7 Å². The molecule has 2 aromatic rings. The maximum Gasteiger partial charge on any atom is 0.416 e. The molecular formula is C18H15F6NO3. The van der Waals surface area contributed by atoms with Gasteiger partial charge in [0.1, 0.15) is 11.5 Å². The lowest BCUT2D eigenvalue weighted by Crippen LogP contribution is -2.12. The molecule has 0 bridgehead atoms. The zero-order valence-corrected chi connectivity index (χ0v) is 14.6. The number of phenols is 2. The first-order valence-corrected chi connectivity index (χ1v) is 7.80. The topological polar surface area (TPSA) is 69.6 Å². The average molecular weight is 407 g/mol. The maximum absolute atomic E-state index is 12.9. The van der Waals surface area contributed by atoms with Crippen LogP contribution < -0.4 is 5.32 Å². The van der Waals surface area contributed by atoms with Crippen LogP contribution in [-0.4, -0.2) is 16.0 Å². The number of carbonyl (C=O) groups is 1. The van der Waals surface area contributed by atoms with E-state index in [9.17, 15) is 41.4 Å². The summed E-state index contributed by atoms with van der Waals surface area (Å²) in [7, 11) is 0.